The smallest absolute Gasteiger partial charge is 0.360 e. The molecule has 0 saturated heterocycles. The molecule has 0 radical (unpaired) electrons. The van der Waals surface area contributed by atoms with Gasteiger partial charge in [-0.05, 0) is 12.1 Å². The second-order valence-electron chi connectivity index (χ2n) is 3.67. The van der Waals surface area contributed by atoms with E-state index >= 15 is 0 Å². The molecule has 0 atom stereocenters. The summed E-state index contributed by atoms with van der Waals surface area (Å²) in [4.78, 5) is 12.6. The van der Waals surface area contributed by atoms with Crippen molar-refractivity contribution in [3.8, 4) is 0 Å². The van der Waals surface area contributed by atoms with Crippen LogP contribution in [-0.4, -0.2) is 35.2 Å². The summed E-state index contributed by atoms with van der Waals surface area (Å²) in [7, 11) is 2.84. The summed E-state index contributed by atoms with van der Waals surface area (Å²) in [5.41, 5.74) is 0.755. The number of thiophene rings is 1. The Hall–Kier alpha value is -1.44. The van der Waals surface area contributed by atoms with Gasteiger partial charge in [-0.25, -0.2) is 9.48 Å². The molecular formula is C11H12ClN3O3S. The molecule has 6 nitrogen and oxygen atoms in total. The van der Waals surface area contributed by atoms with Crippen LogP contribution < -0.4 is 0 Å². The lowest BCUT2D eigenvalue weighted by atomic mass is 10.3. The molecule has 2 rings (SSSR count). The van der Waals surface area contributed by atoms with Gasteiger partial charge in [0.1, 0.15) is 0 Å². The number of halogens is 1. The van der Waals surface area contributed by atoms with Gasteiger partial charge in [0.25, 0.3) is 0 Å². The lowest BCUT2D eigenvalue weighted by Crippen LogP contribution is -2.10. The summed E-state index contributed by atoms with van der Waals surface area (Å²) in [6, 6.07) is 3.72. The van der Waals surface area contributed by atoms with Gasteiger partial charge in [-0.1, -0.05) is 16.8 Å². The van der Waals surface area contributed by atoms with Gasteiger partial charge in [-0.3, -0.25) is 0 Å². The van der Waals surface area contributed by atoms with Gasteiger partial charge in [0.15, 0.2) is 5.69 Å². The third-order valence-electron chi connectivity index (χ3n) is 2.43. The van der Waals surface area contributed by atoms with Crippen LogP contribution in [0.4, 0.5) is 0 Å². The first kappa shape index (κ1) is 14.0. The molecule has 0 aliphatic heterocycles. The van der Waals surface area contributed by atoms with Gasteiger partial charge >= 0.3 is 5.97 Å². The van der Waals surface area contributed by atoms with Crippen molar-refractivity contribution in [2.75, 3.05) is 14.2 Å². The summed E-state index contributed by atoms with van der Waals surface area (Å²) in [6.07, 6.45) is 0. The van der Waals surface area contributed by atoms with Gasteiger partial charge in [-0.2, -0.15) is 0 Å². The van der Waals surface area contributed by atoms with Gasteiger partial charge < -0.3 is 9.47 Å². The molecule has 2 heterocycles. The standard InChI is InChI=1S/C11H12ClN3O3S/c1-17-6-8-10(11(16)18-2)13-14-15(8)5-7-3-4-9(12)19-7/h3-4H,5-6H2,1-2H3. The number of nitrogens with zero attached hydrogens (tertiary/aromatic N) is 3. The minimum absolute atomic E-state index is 0.173. The van der Waals surface area contributed by atoms with Crippen LogP contribution in [0.3, 0.4) is 0 Å². The van der Waals surface area contributed by atoms with Gasteiger partial charge in [0, 0.05) is 12.0 Å². The van der Waals surface area contributed by atoms with Gasteiger partial charge in [0.2, 0.25) is 0 Å². The number of hydrogen-bond acceptors (Lipinski definition) is 6. The van der Waals surface area contributed by atoms with Crippen molar-refractivity contribution in [1.29, 1.82) is 0 Å². The monoisotopic (exact) mass is 301 g/mol. The highest BCUT2D eigenvalue weighted by Gasteiger charge is 2.20. The minimum Gasteiger partial charge on any atom is -0.464 e. The normalized spacial score (nSPS) is 10.7. The summed E-state index contributed by atoms with van der Waals surface area (Å²) < 4.78 is 12.1. The Kier molecular flexibility index (Phi) is 4.52. The topological polar surface area (TPSA) is 66.2 Å². The largest absolute Gasteiger partial charge is 0.464 e. The zero-order chi connectivity index (χ0) is 13.8. The first-order valence-electron chi connectivity index (χ1n) is 5.39. The Morgan fingerprint density at radius 1 is 1.47 bits per heavy atom. The molecule has 0 aromatic carbocycles. The summed E-state index contributed by atoms with van der Waals surface area (Å²) in [5, 5.41) is 7.80. The van der Waals surface area contributed by atoms with Crippen molar-refractivity contribution in [2.45, 2.75) is 13.2 Å². The minimum atomic E-state index is -0.525. The highest BCUT2D eigenvalue weighted by Crippen LogP contribution is 2.22. The van der Waals surface area contributed by atoms with E-state index in [-0.39, 0.29) is 12.3 Å². The zero-order valence-electron chi connectivity index (χ0n) is 10.4. The molecular weight excluding hydrogens is 290 g/mol. The molecule has 0 aliphatic rings. The van der Waals surface area contributed by atoms with Crippen LogP contribution in [0.25, 0.3) is 0 Å². The van der Waals surface area contributed by atoms with Crippen LogP contribution in [0.15, 0.2) is 12.1 Å². The number of carbonyl (C=O) groups excluding carboxylic acids is 1. The quantitative estimate of drug-likeness (QED) is 0.790. The molecule has 0 amide bonds. The third-order valence-corrected chi connectivity index (χ3v) is 3.65. The fraction of sp³-hybridized carbons (Fsp3) is 0.364. The number of esters is 1. The fourth-order valence-corrected chi connectivity index (χ4v) is 2.65. The van der Waals surface area contributed by atoms with E-state index < -0.39 is 5.97 Å². The summed E-state index contributed by atoms with van der Waals surface area (Å²) in [6.45, 7) is 0.719. The first-order valence-corrected chi connectivity index (χ1v) is 6.59. The van der Waals surface area contributed by atoms with Crippen molar-refractivity contribution in [3.05, 3.63) is 32.7 Å². The van der Waals surface area contributed by atoms with Crippen molar-refractivity contribution in [2.24, 2.45) is 0 Å². The number of methoxy groups -OCH3 is 2. The molecule has 0 saturated carbocycles. The van der Waals surface area contributed by atoms with Gasteiger partial charge in [0.05, 0.1) is 30.3 Å². The predicted octanol–water partition coefficient (Wildman–Crippen LogP) is 1.97. The average molecular weight is 302 g/mol. The van der Waals surface area contributed by atoms with Crippen molar-refractivity contribution in [1.82, 2.24) is 15.0 Å². The SMILES string of the molecule is COCc1c(C(=O)OC)nnn1Cc1ccc(Cl)s1. The van der Waals surface area contributed by atoms with E-state index in [1.54, 1.807) is 11.8 Å². The Balaban J connectivity index is 2.29. The van der Waals surface area contributed by atoms with E-state index in [2.05, 4.69) is 15.0 Å². The zero-order valence-corrected chi connectivity index (χ0v) is 12.0. The molecule has 0 unspecified atom stereocenters. The van der Waals surface area contributed by atoms with E-state index in [1.165, 1.54) is 18.4 Å². The maximum atomic E-state index is 11.6. The predicted molar refractivity (Wildman–Crippen MR) is 70.5 cm³/mol. The summed E-state index contributed by atoms with van der Waals surface area (Å²) in [5.74, 6) is -0.525. The summed E-state index contributed by atoms with van der Waals surface area (Å²) >= 11 is 7.33. The third kappa shape index (κ3) is 3.12. The number of hydrogen-bond donors (Lipinski definition) is 0. The second kappa shape index (κ2) is 6.14. The molecule has 0 bridgehead atoms. The number of aromatic nitrogens is 3. The van der Waals surface area contributed by atoms with Crippen LogP contribution in [0.5, 0.6) is 0 Å². The van der Waals surface area contributed by atoms with E-state index in [1.807, 2.05) is 12.1 Å². The molecule has 19 heavy (non-hydrogen) atoms. The molecule has 0 N–H and O–H groups in total. The molecule has 2 aromatic rings. The Labute approximate surface area is 118 Å². The van der Waals surface area contributed by atoms with Crippen molar-refractivity contribution in [3.63, 3.8) is 0 Å². The van der Waals surface area contributed by atoms with Crippen LogP contribution >= 0.6 is 22.9 Å². The Bertz CT molecular complexity index is 582. The molecule has 8 heteroatoms. The van der Waals surface area contributed by atoms with Gasteiger partial charge in [-0.15, -0.1) is 16.4 Å². The van der Waals surface area contributed by atoms with Crippen molar-refractivity contribution >= 4 is 28.9 Å². The highest BCUT2D eigenvalue weighted by molar-refractivity contribution is 7.16. The van der Waals surface area contributed by atoms with Crippen LogP contribution in [-0.2, 0) is 22.6 Å². The molecule has 0 aliphatic carbocycles. The van der Waals surface area contributed by atoms with Crippen LogP contribution in [0.1, 0.15) is 21.1 Å². The second-order valence-corrected chi connectivity index (χ2v) is 5.47. The molecule has 0 spiro atoms. The van der Waals surface area contributed by atoms with E-state index in [0.29, 0.717) is 16.6 Å². The fourth-order valence-electron chi connectivity index (χ4n) is 1.58. The Morgan fingerprint density at radius 2 is 2.26 bits per heavy atom. The van der Waals surface area contributed by atoms with E-state index in [9.17, 15) is 4.79 Å². The maximum Gasteiger partial charge on any atom is 0.360 e. The molecule has 102 valence electrons. The van der Waals surface area contributed by atoms with E-state index in [0.717, 1.165) is 4.88 Å². The van der Waals surface area contributed by atoms with Crippen LogP contribution in [0, 0.1) is 0 Å². The Morgan fingerprint density at radius 3 is 2.84 bits per heavy atom. The number of carbonyl (C=O) groups is 1. The lowest BCUT2D eigenvalue weighted by molar-refractivity contribution is 0.0588. The number of rotatable bonds is 5. The number of ether oxygens (including phenoxy) is 2. The first-order chi connectivity index (χ1) is 9.15. The maximum absolute atomic E-state index is 11.6. The highest BCUT2D eigenvalue weighted by atomic mass is 35.5. The average Bonchev–Trinajstić information content (AvgIpc) is 2.97. The van der Waals surface area contributed by atoms with Crippen molar-refractivity contribution < 1.29 is 14.3 Å². The lowest BCUT2D eigenvalue weighted by Gasteiger charge is -2.05. The molecule has 0 fully saturated rings. The molecule has 2 aromatic heterocycles. The van der Waals surface area contributed by atoms with Crippen LogP contribution in [0.2, 0.25) is 4.34 Å². The van der Waals surface area contributed by atoms with E-state index in [4.69, 9.17) is 16.3 Å².